The number of ether oxygens (including phenoxy) is 1. The Labute approximate surface area is 94.7 Å². The fourth-order valence-corrected chi connectivity index (χ4v) is 4.45. The number of carbonyl (C=O) groups is 1. The van der Waals surface area contributed by atoms with E-state index in [1.165, 1.54) is 0 Å². The zero-order chi connectivity index (χ0) is 11.8. The molecule has 0 aromatic carbocycles. The van der Waals surface area contributed by atoms with Crippen LogP contribution in [0.25, 0.3) is 0 Å². The standard InChI is InChI=1S/C10H16O5S/c11-9(12)5-10(2-3-10)7-16(13,14)8-1-4-15-6-8/h8H,1-7H2,(H,11,12). The average molecular weight is 248 g/mol. The molecule has 5 nitrogen and oxygen atoms in total. The average Bonchev–Trinajstić information content (AvgIpc) is 2.68. The summed E-state index contributed by atoms with van der Waals surface area (Å²) in [5.41, 5.74) is -0.479. The van der Waals surface area contributed by atoms with E-state index in [-0.39, 0.29) is 18.8 Å². The molecule has 2 rings (SSSR count). The normalized spacial score (nSPS) is 27.9. The summed E-state index contributed by atoms with van der Waals surface area (Å²) in [6.45, 7) is 0.765. The van der Waals surface area contributed by atoms with Gasteiger partial charge in [0.15, 0.2) is 9.84 Å². The van der Waals surface area contributed by atoms with Crippen LogP contribution in [0.3, 0.4) is 0 Å². The van der Waals surface area contributed by atoms with Gasteiger partial charge >= 0.3 is 5.97 Å². The molecule has 6 heteroatoms. The Morgan fingerprint density at radius 3 is 2.56 bits per heavy atom. The molecule has 1 saturated heterocycles. The molecule has 0 aromatic rings. The number of hydrogen-bond acceptors (Lipinski definition) is 4. The van der Waals surface area contributed by atoms with Crippen molar-refractivity contribution in [3.63, 3.8) is 0 Å². The molecule has 1 unspecified atom stereocenters. The van der Waals surface area contributed by atoms with Crippen LogP contribution in [0, 0.1) is 5.41 Å². The van der Waals surface area contributed by atoms with E-state index in [9.17, 15) is 13.2 Å². The summed E-state index contributed by atoms with van der Waals surface area (Å²) >= 11 is 0. The Kier molecular flexibility index (Phi) is 2.96. The number of sulfone groups is 1. The number of carboxylic acids is 1. The summed E-state index contributed by atoms with van der Waals surface area (Å²) in [7, 11) is -3.19. The molecule has 0 aromatic heterocycles. The second-order valence-corrected chi connectivity index (χ2v) is 7.14. The first-order chi connectivity index (χ1) is 7.44. The fraction of sp³-hybridized carbons (Fsp3) is 0.900. The van der Waals surface area contributed by atoms with Crippen molar-refractivity contribution in [1.82, 2.24) is 0 Å². The Morgan fingerprint density at radius 2 is 2.12 bits per heavy atom. The maximum Gasteiger partial charge on any atom is 0.303 e. The molecule has 2 fully saturated rings. The first-order valence-electron chi connectivity index (χ1n) is 5.45. The van der Waals surface area contributed by atoms with Gasteiger partial charge in [0.2, 0.25) is 0 Å². The number of aliphatic carboxylic acids is 1. The maximum atomic E-state index is 12.0. The van der Waals surface area contributed by atoms with Crippen LogP contribution in [-0.2, 0) is 19.4 Å². The minimum absolute atomic E-state index is 0.0142. The third-order valence-electron chi connectivity index (χ3n) is 3.39. The minimum Gasteiger partial charge on any atom is -0.481 e. The van der Waals surface area contributed by atoms with Gasteiger partial charge in [-0.1, -0.05) is 0 Å². The Bertz CT molecular complexity index is 376. The minimum atomic E-state index is -3.19. The van der Waals surface area contributed by atoms with Gasteiger partial charge in [-0.05, 0) is 24.7 Å². The van der Waals surface area contributed by atoms with Crippen molar-refractivity contribution in [2.75, 3.05) is 19.0 Å². The van der Waals surface area contributed by atoms with E-state index in [2.05, 4.69) is 0 Å². The zero-order valence-corrected chi connectivity index (χ0v) is 9.83. The van der Waals surface area contributed by atoms with Crippen LogP contribution in [0.15, 0.2) is 0 Å². The summed E-state index contributed by atoms with van der Waals surface area (Å²) in [6, 6.07) is 0. The van der Waals surface area contributed by atoms with Crippen molar-refractivity contribution in [3.8, 4) is 0 Å². The first-order valence-corrected chi connectivity index (χ1v) is 7.16. The van der Waals surface area contributed by atoms with E-state index in [1.54, 1.807) is 0 Å². The van der Waals surface area contributed by atoms with Gasteiger partial charge in [-0.3, -0.25) is 4.79 Å². The predicted molar refractivity (Wildman–Crippen MR) is 56.9 cm³/mol. The highest BCUT2D eigenvalue weighted by molar-refractivity contribution is 7.92. The highest BCUT2D eigenvalue weighted by Gasteiger charge is 2.49. The molecule has 1 aliphatic heterocycles. The van der Waals surface area contributed by atoms with Gasteiger partial charge in [-0.15, -0.1) is 0 Å². The lowest BCUT2D eigenvalue weighted by atomic mass is 10.1. The predicted octanol–water partition coefficient (Wildman–Crippen LogP) is 0.445. The Balaban J connectivity index is 2.00. The summed E-state index contributed by atoms with van der Waals surface area (Å²) in [5.74, 6) is -0.893. The Morgan fingerprint density at radius 1 is 1.44 bits per heavy atom. The number of rotatable bonds is 5. The van der Waals surface area contributed by atoms with E-state index in [4.69, 9.17) is 9.84 Å². The molecule has 1 saturated carbocycles. The van der Waals surface area contributed by atoms with Crippen LogP contribution in [0.1, 0.15) is 25.7 Å². The van der Waals surface area contributed by atoms with E-state index >= 15 is 0 Å². The lowest BCUT2D eigenvalue weighted by molar-refractivity contribution is -0.138. The smallest absolute Gasteiger partial charge is 0.303 e. The second kappa shape index (κ2) is 4.00. The van der Waals surface area contributed by atoms with E-state index in [0.717, 1.165) is 0 Å². The lowest BCUT2D eigenvalue weighted by Crippen LogP contribution is -2.29. The molecule has 0 spiro atoms. The zero-order valence-electron chi connectivity index (χ0n) is 9.02. The van der Waals surface area contributed by atoms with Crippen molar-refractivity contribution >= 4 is 15.8 Å². The van der Waals surface area contributed by atoms with Crippen LogP contribution in [-0.4, -0.2) is 43.7 Å². The van der Waals surface area contributed by atoms with Gasteiger partial charge in [0.25, 0.3) is 0 Å². The molecule has 1 aliphatic carbocycles. The maximum absolute atomic E-state index is 12.0. The van der Waals surface area contributed by atoms with Gasteiger partial charge in [0, 0.05) is 6.61 Å². The van der Waals surface area contributed by atoms with Gasteiger partial charge in [-0.2, -0.15) is 0 Å². The van der Waals surface area contributed by atoms with Crippen LogP contribution in [0.2, 0.25) is 0 Å². The summed E-state index contributed by atoms with van der Waals surface area (Å²) < 4.78 is 29.1. The molecule has 2 aliphatic rings. The molecule has 0 bridgehead atoms. The van der Waals surface area contributed by atoms with E-state index < -0.39 is 26.5 Å². The largest absolute Gasteiger partial charge is 0.481 e. The van der Waals surface area contributed by atoms with Gasteiger partial charge in [0.1, 0.15) is 0 Å². The number of hydrogen-bond donors (Lipinski definition) is 1. The third kappa shape index (κ3) is 2.55. The van der Waals surface area contributed by atoms with Crippen LogP contribution >= 0.6 is 0 Å². The molecular formula is C10H16O5S. The van der Waals surface area contributed by atoms with Crippen molar-refractivity contribution < 1.29 is 23.1 Å². The van der Waals surface area contributed by atoms with Gasteiger partial charge in [-0.25, -0.2) is 8.42 Å². The van der Waals surface area contributed by atoms with E-state index in [1.807, 2.05) is 0 Å². The number of carboxylic acid groups (broad SMARTS) is 1. The SMILES string of the molecule is O=C(O)CC1(CS(=O)(=O)C2CCOC2)CC1. The molecular weight excluding hydrogens is 232 g/mol. The fourth-order valence-electron chi connectivity index (χ4n) is 2.21. The van der Waals surface area contributed by atoms with E-state index in [0.29, 0.717) is 25.9 Å². The summed E-state index contributed by atoms with van der Waals surface area (Å²) in [6.07, 6.45) is 1.95. The second-order valence-electron chi connectivity index (χ2n) is 4.86. The molecule has 1 N–H and O–H groups in total. The molecule has 16 heavy (non-hydrogen) atoms. The van der Waals surface area contributed by atoms with Gasteiger partial charge < -0.3 is 9.84 Å². The van der Waals surface area contributed by atoms with Crippen LogP contribution < -0.4 is 0 Å². The molecule has 1 heterocycles. The van der Waals surface area contributed by atoms with Crippen molar-refractivity contribution in [1.29, 1.82) is 0 Å². The third-order valence-corrected chi connectivity index (χ3v) is 5.79. The summed E-state index contributed by atoms with van der Waals surface area (Å²) in [5, 5.41) is 8.31. The summed E-state index contributed by atoms with van der Waals surface area (Å²) in [4.78, 5) is 10.6. The quantitative estimate of drug-likeness (QED) is 0.763. The lowest BCUT2D eigenvalue weighted by Gasteiger charge is -2.16. The molecule has 0 amide bonds. The highest BCUT2D eigenvalue weighted by atomic mass is 32.2. The first kappa shape index (κ1) is 11.9. The Hall–Kier alpha value is -0.620. The van der Waals surface area contributed by atoms with Crippen molar-refractivity contribution in [2.45, 2.75) is 30.9 Å². The van der Waals surface area contributed by atoms with Crippen LogP contribution in [0.5, 0.6) is 0 Å². The molecule has 1 atom stereocenters. The topological polar surface area (TPSA) is 80.7 Å². The highest BCUT2D eigenvalue weighted by Crippen LogP contribution is 2.50. The van der Waals surface area contributed by atoms with Crippen molar-refractivity contribution in [3.05, 3.63) is 0 Å². The van der Waals surface area contributed by atoms with Gasteiger partial charge in [0.05, 0.1) is 24.0 Å². The molecule has 92 valence electrons. The molecule has 0 radical (unpaired) electrons. The van der Waals surface area contributed by atoms with Crippen molar-refractivity contribution in [2.24, 2.45) is 5.41 Å². The monoisotopic (exact) mass is 248 g/mol. The van der Waals surface area contributed by atoms with Crippen LogP contribution in [0.4, 0.5) is 0 Å².